The molecule has 0 aromatic carbocycles. The van der Waals surface area contributed by atoms with Crippen LogP contribution in [0.2, 0.25) is 0 Å². The molecule has 0 aliphatic carbocycles. The number of allylic oxidation sites excluding steroid dienone is 1. The first kappa shape index (κ1) is 31.1. The highest BCUT2D eigenvalue weighted by atomic mass is 32.2. The van der Waals surface area contributed by atoms with E-state index < -0.39 is 11.0 Å². The molecule has 2 aromatic rings. The molecule has 0 bridgehead atoms. The fourth-order valence-corrected chi connectivity index (χ4v) is 5.78. The molecule has 2 atom stereocenters. The van der Waals surface area contributed by atoms with Crippen molar-refractivity contribution in [1.29, 1.82) is 0 Å². The summed E-state index contributed by atoms with van der Waals surface area (Å²) < 4.78 is 14.0. The summed E-state index contributed by atoms with van der Waals surface area (Å²) in [6.45, 7) is 13.7. The Morgan fingerprint density at radius 2 is 1.76 bits per heavy atom. The summed E-state index contributed by atoms with van der Waals surface area (Å²) in [6, 6.07) is 11.3. The molecule has 0 saturated carbocycles. The van der Waals surface area contributed by atoms with Crippen molar-refractivity contribution in [2.45, 2.75) is 52.1 Å². The summed E-state index contributed by atoms with van der Waals surface area (Å²) in [6.07, 6.45) is 4.76. The van der Waals surface area contributed by atoms with E-state index in [1.807, 2.05) is 52.2 Å². The van der Waals surface area contributed by atoms with E-state index in [1.165, 1.54) is 0 Å². The van der Waals surface area contributed by atoms with Crippen molar-refractivity contribution < 1.29 is 4.21 Å². The van der Waals surface area contributed by atoms with Crippen molar-refractivity contribution >= 4 is 34.5 Å². The molecule has 2 aliphatic heterocycles. The molecule has 4 heterocycles. The number of hydrogen-bond donors (Lipinski definition) is 2. The van der Waals surface area contributed by atoms with Crippen LogP contribution >= 0.6 is 0 Å². The predicted molar refractivity (Wildman–Crippen MR) is 173 cm³/mol. The minimum atomic E-state index is -1.73. The fourth-order valence-electron chi connectivity index (χ4n) is 5.20. The summed E-state index contributed by atoms with van der Waals surface area (Å²) in [5.41, 5.74) is 5.53. The third-order valence-corrected chi connectivity index (χ3v) is 8.30. The standard InChI is InChI=1S/C31H42N8O2S/c1-7-25-19-29(39-16-14-38(15-17-39)26-12-13-33-24(5)34-20-26)37(6)30(40)11-8-21(2)18-27(25)23(4)36-28-10-9-22(3)35-31(28)42(32)41/h8-12,18-20,23,36H,7,13-17,32H2,1-6H3/t23-,42?/m1/s1. The first-order valence-corrected chi connectivity index (χ1v) is 15.5. The van der Waals surface area contributed by atoms with E-state index in [4.69, 9.17) is 5.14 Å². The van der Waals surface area contributed by atoms with Crippen LogP contribution in [-0.2, 0) is 24.5 Å². The van der Waals surface area contributed by atoms with E-state index in [-0.39, 0.29) is 11.6 Å². The van der Waals surface area contributed by atoms with Gasteiger partial charge in [0.1, 0.15) is 22.6 Å². The quantitative estimate of drug-likeness (QED) is 0.507. The minimum Gasteiger partial charge on any atom is -0.376 e. The van der Waals surface area contributed by atoms with Crippen LogP contribution in [0.1, 0.15) is 49.2 Å². The molecule has 10 nitrogen and oxygen atoms in total. The van der Waals surface area contributed by atoms with Gasteiger partial charge in [0.15, 0.2) is 5.03 Å². The van der Waals surface area contributed by atoms with E-state index in [9.17, 15) is 9.00 Å². The maximum Gasteiger partial charge on any atom is 0.251 e. The van der Waals surface area contributed by atoms with Gasteiger partial charge in [-0.1, -0.05) is 24.6 Å². The molecule has 1 saturated heterocycles. The van der Waals surface area contributed by atoms with E-state index in [0.717, 1.165) is 72.3 Å². The molecule has 3 N–H and O–H groups in total. The SMILES string of the molecule is CCc1cc(N2CCN(C3=CCN=C(C)N=C3)CC2)n(C)c(=O)ccc(C)cc1[C@@H](C)Nc1ccc(C)nc1S(N)=O. The van der Waals surface area contributed by atoms with Crippen molar-refractivity contribution in [3.63, 3.8) is 0 Å². The van der Waals surface area contributed by atoms with Gasteiger partial charge >= 0.3 is 0 Å². The molecule has 0 radical (unpaired) electrons. The van der Waals surface area contributed by atoms with E-state index >= 15 is 0 Å². The van der Waals surface area contributed by atoms with Gasteiger partial charge in [0.25, 0.3) is 5.56 Å². The molecule has 2 aromatic heterocycles. The second-order valence-corrected chi connectivity index (χ2v) is 11.7. The monoisotopic (exact) mass is 590 g/mol. The maximum absolute atomic E-state index is 13.2. The molecule has 224 valence electrons. The van der Waals surface area contributed by atoms with Gasteiger partial charge in [0, 0.05) is 51.0 Å². The Hall–Kier alpha value is -3.83. The van der Waals surface area contributed by atoms with Crippen molar-refractivity contribution in [3.8, 4) is 0 Å². The zero-order chi connectivity index (χ0) is 30.4. The van der Waals surface area contributed by atoms with Crippen molar-refractivity contribution in [2.24, 2.45) is 22.2 Å². The van der Waals surface area contributed by atoms with Gasteiger partial charge in [0.2, 0.25) is 0 Å². The molecular weight excluding hydrogens is 548 g/mol. The number of hydrogen-bond acceptors (Lipinski definition) is 8. The highest BCUT2D eigenvalue weighted by Gasteiger charge is 2.21. The summed E-state index contributed by atoms with van der Waals surface area (Å²) in [7, 11) is 0.107. The lowest BCUT2D eigenvalue weighted by molar-refractivity contribution is 0.334. The second kappa shape index (κ2) is 13.9. The number of piperazine rings is 1. The Balaban J connectivity index is 1.73. The molecule has 1 unspecified atom stereocenters. The number of aryl methyl sites for hydroxylation is 3. The molecular formula is C31H42N8O2S. The Morgan fingerprint density at radius 3 is 2.45 bits per heavy atom. The van der Waals surface area contributed by atoms with Gasteiger partial charge in [0.05, 0.1) is 24.1 Å². The summed E-state index contributed by atoms with van der Waals surface area (Å²) in [5.74, 6) is 1.65. The topological polar surface area (TPSA) is 121 Å². The number of rotatable bonds is 7. The van der Waals surface area contributed by atoms with E-state index in [2.05, 4.69) is 62.1 Å². The molecule has 0 amide bonds. The highest BCUT2D eigenvalue weighted by molar-refractivity contribution is 7.82. The van der Waals surface area contributed by atoms with Gasteiger partial charge in [-0.3, -0.25) is 14.4 Å². The lowest BCUT2D eigenvalue weighted by atomic mass is 9.99. The Morgan fingerprint density at radius 1 is 1.05 bits per heavy atom. The van der Waals surface area contributed by atoms with Crippen molar-refractivity contribution in [2.75, 3.05) is 42.9 Å². The van der Waals surface area contributed by atoms with Crippen molar-refractivity contribution in [1.82, 2.24) is 14.5 Å². The number of pyridine rings is 1. The largest absolute Gasteiger partial charge is 0.376 e. The maximum atomic E-state index is 13.2. The van der Waals surface area contributed by atoms with Crippen LogP contribution in [0.4, 0.5) is 11.5 Å². The van der Waals surface area contributed by atoms with Gasteiger partial charge < -0.3 is 15.1 Å². The van der Waals surface area contributed by atoms with Crippen molar-refractivity contribution in [3.05, 3.63) is 80.9 Å². The summed E-state index contributed by atoms with van der Waals surface area (Å²) in [4.78, 5) is 31.1. The lowest BCUT2D eigenvalue weighted by Crippen LogP contribution is -2.47. The molecule has 4 rings (SSSR count). The smallest absolute Gasteiger partial charge is 0.251 e. The van der Waals surface area contributed by atoms with Gasteiger partial charge in [-0.2, -0.15) is 0 Å². The molecule has 2 aliphatic rings. The second-order valence-electron chi connectivity index (χ2n) is 10.7. The van der Waals surface area contributed by atoms with Crippen LogP contribution in [0.5, 0.6) is 0 Å². The van der Waals surface area contributed by atoms with Crippen LogP contribution in [0.3, 0.4) is 0 Å². The number of aromatic nitrogens is 2. The molecule has 0 spiro atoms. The number of nitrogens with zero attached hydrogens (tertiary/aromatic N) is 6. The average molecular weight is 591 g/mol. The Labute approximate surface area is 251 Å². The van der Waals surface area contributed by atoms with E-state index in [1.54, 1.807) is 10.6 Å². The van der Waals surface area contributed by atoms with Crippen LogP contribution in [0, 0.1) is 13.8 Å². The molecule has 42 heavy (non-hydrogen) atoms. The van der Waals surface area contributed by atoms with Crippen LogP contribution in [0.25, 0.3) is 0 Å². The van der Waals surface area contributed by atoms with Crippen LogP contribution < -0.4 is 20.9 Å². The number of aliphatic imine (C=N–C) groups is 2. The van der Waals surface area contributed by atoms with Gasteiger partial charge in [-0.05, 0) is 69.5 Å². The predicted octanol–water partition coefficient (Wildman–Crippen LogP) is 3.75. The van der Waals surface area contributed by atoms with Gasteiger partial charge in [-0.15, -0.1) is 0 Å². The lowest BCUT2D eigenvalue weighted by Gasteiger charge is -2.38. The Kier molecular flexibility index (Phi) is 10.3. The number of amidine groups is 1. The normalized spacial score (nSPS) is 16.6. The van der Waals surface area contributed by atoms with Crippen LogP contribution in [0.15, 0.2) is 68.0 Å². The first-order chi connectivity index (χ1) is 20.1. The third-order valence-electron chi connectivity index (χ3n) is 7.60. The zero-order valence-electron chi connectivity index (χ0n) is 25.4. The number of anilines is 2. The minimum absolute atomic E-state index is 0.0754. The van der Waals surface area contributed by atoms with Gasteiger partial charge in [-0.25, -0.2) is 19.3 Å². The number of nitrogens with two attached hydrogens (primary N) is 1. The first-order valence-electron chi connectivity index (χ1n) is 14.3. The van der Waals surface area contributed by atoms with Crippen LogP contribution in [-0.4, -0.2) is 63.4 Å². The number of nitrogens with one attached hydrogen (secondary N) is 1. The highest BCUT2D eigenvalue weighted by Crippen LogP contribution is 2.27. The van der Waals surface area contributed by atoms with E-state index in [0.29, 0.717) is 17.3 Å². The molecule has 1 fully saturated rings. The Bertz CT molecular complexity index is 1550. The zero-order valence-corrected chi connectivity index (χ0v) is 26.2. The molecule has 11 heteroatoms. The third kappa shape index (κ3) is 7.51. The fraction of sp³-hybridized carbons (Fsp3) is 0.419. The average Bonchev–Trinajstić information content (AvgIpc) is 3.20. The summed E-state index contributed by atoms with van der Waals surface area (Å²) >= 11 is 0. The summed E-state index contributed by atoms with van der Waals surface area (Å²) in [5, 5.41) is 9.59.